The molecule has 3 aromatic heterocycles. The Labute approximate surface area is 315 Å². The first-order valence-electron chi connectivity index (χ1n) is 17.8. The first-order valence-corrected chi connectivity index (χ1v) is 19.0. The molecule has 0 radical (unpaired) electrons. The van der Waals surface area contributed by atoms with Crippen molar-refractivity contribution in [2.45, 2.75) is 56.1 Å². The van der Waals surface area contributed by atoms with Gasteiger partial charge in [0, 0.05) is 30.6 Å². The van der Waals surface area contributed by atoms with E-state index in [1.807, 2.05) is 11.0 Å². The molecule has 4 saturated heterocycles. The van der Waals surface area contributed by atoms with Gasteiger partial charge in [-0.2, -0.15) is 29.3 Å². The number of hydrogen-bond acceptors (Lipinski definition) is 12. The third-order valence-electron chi connectivity index (χ3n) is 12.1. The fraction of sp³-hybridized carbons (Fsp3) is 0.444. The lowest BCUT2D eigenvalue weighted by atomic mass is 9.82. The van der Waals surface area contributed by atoms with Gasteiger partial charge in [0.15, 0.2) is 11.6 Å². The van der Waals surface area contributed by atoms with Crippen molar-refractivity contribution in [1.29, 1.82) is 5.26 Å². The van der Waals surface area contributed by atoms with Crippen LogP contribution >= 0.6 is 22.9 Å². The number of carbonyl (C=O) groups excluding carboxylic acids is 1. The van der Waals surface area contributed by atoms with E-state index >= 15 is 8.78 Å². The van der Waals surface area contributed by atoms with E-state index < -0.39 is 29.3 Å². The van der Waals surface area contributed by atoms with Gasteiger partial charge in [0.2, 0.25) is 0 Å². The fourth-order valence-electron chi connectivity index (χ4n) is 9.72. The molecule has 18 heteroatoms. The molecule has 1 spiro atoms. The number of nitrogens with zero attached hydrogens (tertiary/aromatic N) is 9. The summed E-state index contributed by atoms with van der Waals surface area (Å²) < 4.78 is 60.1. The first kappa shape index (κ1) is 33.6. The molecule has 54 heavy (non-hydrogen) atoms. The Balaban J connectivity index is 1.13. The number of rotatable bonds is 4. The van der Waals surface area contributed by atoms with Crippen molar-refractivity contribution in [2.24, 2.45) is 5.92 Å². The monoisotopic (exact) mass is 776 g/mol. The molecule has 10 rings (SSSR count). The second kappa shape index (κ2) is 11.8. The summed E-state index contributed by atoms with van der Waals surface area (Å²) in [5, 5.41) is 14.0. The van der Waals surface area contributed by atoms with E-state index in [9.17, 15) is 14.4 Å². The van der Waals surface area contributed by atoms with Crippen LogP contribution in [0.15, 0.2) is 18.5 Å². The van der Waals surface area contributed by atoms with Crippen LogP contribution in [0.2, 0.25) is 5.02 Å². The Morgan fingerprint density at radius 3 is 2.81 bits per heavy atom. The van der Waals surface area contributed by atoms with Crippen LogP contribution in [-0.2, 0) is 0 Å². The average molecular weight is 777 g/mol. The van der Waals surface area contributed by atoms with Crippen LogP contribution in [0.3, 0.4) is 0 Å². The van der Waals surface area contributed by atoms with Crippen LogP contribution in [0, 0.1) is 35.0 Å². The Bertz CT molecular complexity index is 2490. The normalized spacial score (nSPS) is 25.9. The molecule has 5 aromatic rings. The van der Waals surface area contributed by atoms with E-state index in [-0.39, 0.29) is 77.7 Å². The topological polar surface area (TPSA) is 152 Å². The number of thiophene rings is 1. The van der Waals surface area contributed by atoms with Crippen molar-refractivity contribution >= 4 is 60.8 Å². The van der Waals surface area contributed by atoms with Gasteiger partial charge < -0.3 is 25.0 Å². The standard InChI is InChI=1S/C36H32ClF3N10O3S/c1-17-9-36(5-2-7-47(36)12-17)15-53-33-44-27-24-28(25(37)23(26(27)39)19-3-4-21(38)29-22(19)20(11-41)30(42)54-29)52-13-18-10-35(14-48(18)31(24)45-33)6-8-49(35)34(51)50-16-43-32(40)46-50/h3-4,16-18H,2,5-10,12-15,42H2,1H3/t17-,18?,35?,36+/m1/s1. The van der Waals surface area contributed by atoms with Gasteiger partial charge in [0.05, 0.1) is 37.8 Å². The maximum Gasteiger partial charge on any atom is 0.346 e. The van der Waals surface area contributed by atoms with Crippen LogP contribution in [0.25, 0.3) is 32.1 Å². The molecule has 2 unspecified atom stereocenters. The number of carbonyl (C=O) groups is 1. The summed E-state index contributed by atoms with van der Waals surface area (Å²) >= 11 is 8.02. The van der Waals surface area contributed by atoms with Crippen LogP contribution in [0.4, 0.5) is 28.8 Å². The van der Waals surface area contributed by atoms with E-state index in [4.69, 9.17) is 31.8 Å². The Morgan fingerprint density at radius 2 is 2.06 bits per heavy atom. The van der Waals surface area contributed by atoms with Crippen molar-refractivity contribution in [2.75, 3.05) is 50.0 Å². The van der Waals surface area contributed by atoms with Crippen molar-refractivity contribution in [3.63, 3.8) is 0 Å². The Kier molecular flexibility index (Phi) is 7.34. The molecule has 2 N–H and O–H groups in total. The summed E-state index contributed by atoms with van der Waals surface area (Å²) in [6.07, 6.45) is 4.14. The lowest BCUT2D eigenvalue weighted by Crippen LogP contribution is -2.64. The fourth-order valence-corrected chi connectivity index (χ4v) is 11.0. The van der Waals surface area contributed by atoms with E-state index in [1.54, 1.807) is 4.90 Å². The zero-order chi connectivity index (χ0) is 37.3. The molecule has 1 amide bonds. The molecule has 4 atom stereocenters. The number of ether oxygens (including phenoxy) is 2. The summed E-state index contributed by atoms with van der Waals surface area (Å²) in [5.41, 5.74) is 5.24. The quantitative estimate of drug-likeness (QED) is 0.230. The van der Waals surface area contributed by atoms with Crippen molar-refractivity contribution in [3.05, 3.63) is 46.8 Å². The number of likely N-dealkylation sites (tertiary alicyclic amines) is 1. The molecular formula is C36H32ClF3N10O3S. The minimum absolute atomic E-state index is 0.0181. The second-order valence-corrected chi connectivity index (χ2v) is 16.6. The van der Waals surface area contributed by atoms with Gasteiger partial charge in [-0.1, -0.05) is 24.6 Å². The molecule has 278 valence electrons. The number of fused-ring (bicyclic) bond motifs is 4. The molecule has 2 aromatic carbocycles. The van der Waals surface area contributed by atoms with Gasteiger partial charge in [0.1, 0.15) is 47.8 Å². The summed E-state index contributed by atoms with van der Waals surface area (Å²) in [4.78, 5) is 32.7. The summed E-state index contributed by atoms with van der Waals surface area (Å²) in [6.45, 7) is 5.33. The molecule has 5 aliphatic heterocycles. The van der Waals surface area contributed by atoms with Gasteiger partial charge in [-0.15, -0.1) is 16.4 Å². The zero-order valence-electron chi connectivity index (χ0n) is 28.9. The molecule has 4 fully saturated rings. The van der Waals surface area contributed by atoms with Crippen LogP contribution in [-0.4, -0.2) is 97.1 Å². The highest BCUT2D eigenvalue weighted by Crippen LogP contribution is 2.54. The lowest BCUT2D eigenvalue weighted by molar-refractivity contribution is 0.0360. The highest BCUT2D eigenvalue weighted by atomic mass is 35.5. The van der Waals surface area contributed by atoms with Crippen LogP contribution in [0.1, 0.15) is 44.6 Å². The molecular weight excluding hydrogens is 745 g/mol. The molecule has 0 bridgehead atoms. The third-order valence-corrected chi connectivity index (χ3v) is 13.5. The molecule has 5 aliphatic rings. The lowest BCUT2D eigenvalue weighted by Gasteiger charge is -2.50. The largest absolute Gasteiger partial charge is 0.489 e. The number of aromatic nitrogens is 5. The number of benzene rings is 2. The predicted molar refractivity (Wildman–Crippen MR) is 193 cm³/mol. The zero-order valence-corrected chi connectivity index (χ0v) is 30.5. The molecule has 0 aliphatic carbocycles. The average Bonchev–Trinajstić information content (AvgIpc) is 3.95. The minimum atomic E-state index is -1.00. The molecule has 8 heterocycles. The SMILES string of the molecule is C[C@H]1CN2CCC[C@@]2(COc2nc3c4c(c(Cl)c(-c5ccc(F)c6sc(N)c(C#N)c56)c(F)c4n2)OCC2CC4(CCN4C(=O)n4cnc(F)n4)CN32)C1. The summed E-state index contributed by atoms with van der Waals surface area (Å²) in [7, 11) is 0. The molecule has 13 nitrogen and oxygen atoms in total. The number of nitrogen functional groups attached to an aromatic ring is 1. The highest BCUT2D eigenvalue weighted by molar-refractivity contribution is 7.23. The van der Waals surface area contributed by atoms with E-state index in [1.165, 1.54) is 12.1 Å². The van der Waals surface area contributed by atoms with Crippen molar-refractivity contribution in [1.82, 2.24) is 34.5 Å². The number of amides is 1. The summed E-state index contributed by atoms with van der Waals surface area (Å²) in [6, 6.07) is 3.74. The van der Waals surface area contributed by atoms with Gasteiger partial charge in [0.25, 0.3) is 0 Å². The van der Waals surface area contributed by atoms with E-state index in [0.717, 1.165) is 54.7 Å². The Hall–Kier alpha value is -4.92. The number of nitriles is 1. The number of anilines is 2. The molecule has 0 saturated carbocycles. The van der Waals surface area contributed by atoms with Crippen LogP contribution in [0.5, 0.6) is 11.8 Å². The van der Waals surface area contributed by atoms with Gasteiger partial charge in [-0.05, 0) is 56.2 Å². The van der Waals surface area contributed by atoms with E-state index in [2.05, 4.69) is 26.9 Å². The number of hydrogen-bond donors (Lipinski definition) is 1. The van der Waals surface area contributed by atoms with E-state index in [0.29, 0.717) is 44.3 Å². The first-order chi connectivity index (χ1) is 26.0. The van der Waals surface area contributed by atoms with Crippen molar-refractivity contribution in [3.8, 4) is 29.0 Å². The minimum Gasteiger partial charge on any atom is -0.489 e. The summed E-state index contributed by atoms with van der Waals surface area (Å²) in [5.74, 6) is -0.457. The van der Waals surface area contributed by atoms with Crippen molar-refractivity contribution < 1.29 is 27.4 Å². The van der Waals surface area contributed by atoms with Gasteiger partial charge in [-0.3, -0.25) is 4.90 Å². The van der Waals surface area contributed by atoms with Gasteiger partial charge in [-0.25, -0.2) is 13.6 Å². The Morgan fingerprint density at radius 1 is 1.20 bits per heavy atom. The maximum atomic E-state index is 17.4. The highest BCUT2D eigenvalue weighted by Gasteiger charge is 2.57. The van der Waals surface area contributed by atoms with Crippen LogP contribution < -0.4 is 20.1 Å². The van der Waals surface area contributed by atoms with Gasteiger partial charge >= 0.3 is 18.1 Å². The number of halogens is 4. The smallest absolute Gasteiger partial charge is 0.346 e. The third kappa shape index (κ3) is 4.68. The maximum absolute atomic E-state index is 17.4. The second-order valence-electron chi connectivity index (χ2n) is 15.2. The number of nitrogens with two attached hydrogens (primary N) is 1. The predicted octanol–water partition coefficient (Wildman–Crippen LogP) is 5.96.